The van der Waals surface area contributed by atoms with Gasteiger partial charge in [-0.2, -0.15) is 0 Å². The van der Waals surface area contributed by atoms with Gasteiger partial charge in [-0.15, -0.1) is 0 Å². The maximum Gasteiger partial charge on any atom is 0.372 e. The summed E-state index contributed by atoms with van der Waals surface area (Å²) < 4.78 is 15.1. The Morgan fingerprint density at radius 2 is 1.48 bits per heavy atom. The second-order valence-corrected chi connectivity index (χ2v) is 6.78. The van der Waals surface area contributed by atoms with Crippen molar-refractivity contribution in [2.75, 3.05) is 0 Å². The van der Waals surface area contributed by atoms with Gasteiger partial charge in [0.2, 0.25) is 5.78 Å². The molecule has 31 heavy (non-hydrogen) atoms. The number of ketones is 2. The van der Waals surface area contributed by atoms with Crippen LogP contribution >= 0.6 is 0 Å². The Hall–Kier alpha value is -4.14. The number of rotatable bonds is 8. The third kappa shape index (κ3) is 5.08. The summed E-state index contributed by atoms with van der Waals surface area (Å²) in [5, 5.41) is 8.74. The fraction of sp³-hybridized carbons (Fsp3) is 0.136. The average Bonchev–Trinajstić information content (AvgIpc) is 2.75. The molecule has 1 aromatic heterocycles. The van der Waals surface area contributed by atoms with Crippen LogP contribution in [0.25, 0.3) is 0 Å². The van der Waals surface area contributed by atoms with Crippen molar-refractivity contribution in [1.29, 1.82) is 0 Å². The van der Waals surface area contributed by atoms with Gasteiger partial charge < -0.3 is 5.11 Å². The number of halogens is 1. The van der Waals surface area contributed by atoms with Crippen LogP contribution in [-0.4, -0.2) is 31.8 Å². The van der Waals surface area contributed by atoms with Gasteiger partial charge in [-0.05, 0) is 23.3 Å². The first-order valence-corrected chi connectivity index (χ1v) is 9.18. The van der Waals surface area contributed by atoms with Gasteiger partial charge >= 0.3 is 11.7 Å². The van der Waals surface area contributed by atoms with Crippen molar-refractivity contribution in [3.05, 3.63) is 104 Å². The van der Waals surface area contributed by atoms with Crippen LogP contribution < -0.4 is 11.2 Å². The van der Waals surface area contributed by atoms with Crippen molar-refractivity contribution in [3.63, 3.8) is 0 Å². The van der Waals surface area contributed by atoms with Crippen LogP contribution in [0.15, 0.2) is 70.4 Å². The van der Waals surface area contributed by atoms with Gasteiger partial charge in [0.05, 0.1) is 25.1 Å². The first-order valence-electron chi connectivity index (χ1n) is 9.18. The topological polar surface area (TPSA) is 115 Å². The highest BCUT2D eigenvalue weighted by atomic mass is 19.1. The maximum atomic E-state index is 13.2. The molecule has 0 saturated heterocycles. The summed E-state index contributed by atoms with van der Waals surface area (Å²) in [6.07, 6.45) is 0.0287. The van der Waals surface area contributed by atoms with Crippen LogP contribution in [0, 0.1) is 5.82 Å². The number of nitrogens with zero attached hydrogens (tertiary/aromatic N) is 2. The van der Waals surface area contributed by atoms with Crippen LogP contribution in [0.1, 0.15) is 27.9 Å². The molecule has 0 amide bonds. The summed E-state index contributed by atoms with van der Waals surface area (Å²) in [5.41, 5.74) is -0.983. The lowest BCUT2D eigenvalue weighted by molar-refractivity contribution is -0.148. The molecule has 2 aromatic carbocycles. The largest absolute Gasteiger partial charge is 0.475 e. The smallest absolute Gasteiger partial charge is 0.372 e. The predicted octanol–water partition coefficient (Wildman–Crippen LogP) is 1.47. The van der Waals surface area contributed by atoms with Gasteiger partial charge in [0.1, 0.15) is 5.82 Å². The lowest BCUT2D eigenvalue weighted by Gasteiger charge is -2.13. The van der Waals surface area contributed by atoms with E-state index in [0.717, 1.165) is 20.9 Å². The van der Waals surface area contributed by atoms with Crippen molar-refractivity contribution in [1.82, 2.24) is 9.13 Å². The number of aliphatic carboxylic acids is 1. The second-order valence-electron chi connectivity index (χ2n) is 6.78. The Morgan fingerprint density at radius 1 is 0.871 bits per heavy atom. The molecule has 8 nitrogen and oxygen atoms in total. The van der Waals surface area contributed by atoms with Crippen LogP contribution in [0.2, 0.25) is 0 Å². The average molecular weight is 424 g/mol. The molecule has 0 aliphatic carbocycles. The van der Waals surface area contributed by atoms with Crippen molar-refractivity contribution >= 4 is 17.5 Å². The molecule has 0 aliphatic rings. The molecular formula is C22H17FN2O6. The predicted molar refractivity (Wildman–Crippen MR) is 108 cm³/mol. The lowest BCUT2D eigenvalue weighted by atomic mass is 10.1. The summed E-state index contributed by atoms with van der Waals surface area (Å²) in [6.45, 7) is -0.197. The molecule has 158 valence electrons. The van der Waals surface area contributed by atoms with Gasteiger partial charge in [-0.1, -0.05) is 42.5 Å². The van der Waals surface area contributed by atoms with Crippen LogP contribution in [0.4, 0.5) is 4.39 Å². The third-order valence-corrected chi connectivity index (χ3v) is 4.55. The molecular weight excluding hydrogens is 407 g/mol. The number of hydrogen-bond acceptors (Lipinski definition) is 5. The number of Topliss-reactive ketones (excluding diaryl/α,β-unsaturated/α-hetero) is 2. The third-order valence-electron chi connectivity index (χ3n) is 4.55. The van der Waals surface area contributed by atoms with Gasteiger partial charge in [-0.25, -0.2) is 14.0 Å². The zero-order valence-corrected chi connectivity index (χ0v) is 16.2. The molecule has 0 saturated carbocycles. The summed E-state index contributed by atoms with van der Waals surface area (Å²) in [6, 6.07) is 13.9. The molecule has 0 fully saturated rings. The van der Waals surface area contributed by atoms with Crippen LogP contribution in [0.3, 0.4) is 0 Å². The molecule has 0 aliphatic heterocycles. The minimum atomic E-state index is -1.79. The number of carboxylic acid groups (broad SMARTS) is 1. The van der Waals surface area contributed by atoms with E-state index in [4.69, 9.17) is 5.11 Å². The molecule has 0 atom stereocenters. The maximum absolute atomic E-state index is 13.2. The van der Waals surface area contributed by atoms with Crippen LogP contribution in [0.5, 0.6) is 0 Å². The number of carbonyl (C=O) groups is 3. The fourth-order valence-electron chi connectivity index (χ4n) is 2.97. The number of hydrogen-bond donors (Lipinski definition) is 1. The van der Waals surface area contributed by atoms with Gasteiger partial charge in [-0.3, -0.25) is 23.5 Å². The molecule has 1 heterocycles. The Kier molecular flexibility index (Phi) is 6.35. The molecule has 3 rings (SSSR count). The Morgan fingerprint density at radius 3 is 2.10 bits per heavy atom. The minimum absolute atomic E-state index is 0.0382. The van der Waals surface area contributed by atoms with E-state index in [1.54, 1.807) is 30.3 Å². The summed E-state index contributed by atoms with van der Waals surface area (Å²) in [4.78, 5) is 60.5. The van der Waals surface area contributed by atoms with E-state index in [-0.39, 0.29) is 13.1 Å². The van der Waals surface area contributed by atoms with Crippen molar-refractivity contribution < 1.29 is 23.9 Å². The molecule has 0 bridgehead atoms. The first-order chi connectivity index (χ1) is 14.8. The van der Waals surface area contributed by atoms with Crippen molar-refractivity contribution in [3.8, 4) is 0 Å². The summed E-state index contributed by atoms with van der Waals surface area (Å²) >= 11 is 0. The van der Waals surface area contributed by atoms with Gasteiger partial charge in [0.15, 0.2) is 5.78 Å². The highest BCUT2D eigenvalue weighted by Crippen LogP contribution is 2.06. The molecule has 1 N–H and O–H groups in total. The van der Waals surface area contributed by atoms with E-state index in [1.807, 2.05) is 0 Å². The number of benzene rings is 2. The van der Waals surface area contributed by atoms with E-state index in [0.29, 0.717) is 5.56 Å². The van der Waals surface area contributed by atoms with Gasteiger partial charge in [0, 0.05) is 6.20 Å². The van der Waals surface area contributed by atoms with E-state index >= 15 is 0 Å². The molecule has 0 unspecified atom stereocenters. The normalized spacial score (nSPS) is 10.6. The minimum Gasteiger partial charge on any atom is -0.475 e. The van der Waals surface area contributed by atoms with E-state index in [9.17, 15) is 28.4 Å². The second kappa shape index (κ2) is 9.12. The Bertz CT molecular complexity index is 1260. The Labute approximate surface area is 174 Å². The summed E-state index contributed by atoms with van der Waals surface area (Å²) in [7, 11) is 0. The molecule has 0 radical (unpaired) electrons. The lowest BCUT2D eigenvalue weighted by Crippen LogP contribution is -2.43. The molecule has 3 aromatic rings. The van der Waals surface area contributed by atoms with E-state index in [2.05, 4.69) is 0 Å². The number of carboxylic acids is 1. The number of carbonyl (C=O) groups excluding carboxylic acids is 2. The highest BCUT2D eigenvalue weighted by Gasteiger charge is 2.23. The fourth-order valence-corrected chi connectivity index (χ4v) is 2.97. The highest BCUT2D eigenvalue weighted by molar-refractivity contribution is 6.37. The van der Waals surface area contributed by atoms with Crippen molar-refractivity contribution in [2.24, 2.45) is 0 Å². The zero-order valence-electron chi connectivity index (χ0n) is 16.2. The van der Waals surface area contributed by atoms with E-state index < -0.39 is 46.6 Å². The van der Waals surface area contributed by atoms with Crippen LogP contribution in [-0.2, 0) is 22.7 Å². The first kappa shape index (κ1) is 21.6. The van der Waals surface area contributed by atoms with Crippen molar-refractivity contribution in [2.45, 2.75) is 19.5 Å². The quantitative estimate of drug-likeness (QED) is 0.333. The number of aromatic nitrogens is 2. The summed E-state index contributed by atoms with van der Waals surface area (Å²) in [5.74, 6) is -4.66. The standard InChI is InChI=1S/C22H17FN2O6/c23-16-8-6-15(7-9-16)12-25-20(28)17(18(26)10-19(27)21(29)30)13-24(22(25)31)11-14-4-2-1-3-5-14/h1-9,13H,10-12H2,(H,29,30). The zero-order chi connectivity index (χ0) is 22.5. The van der Waals surface area contributed by atoms with Gasteiger partial charge in [0.25, 0.3) is 5.56 Å². The molecule has 9 heteroatoms. The molecule has 0 spiro atoms. The SMILES string of the molecule is O=C(O)C(=O)CC(=O)c1cn(Cc2ccccc2)c(=O)n(Cc2ccc(F)cc2)c1=O. The van der Waals surface area contributed by atoms with E-state index in [1.165, 1.54) is 24.3 Å². The Balaban J connectivity index is 2.10. The monoisotopic (exact) mass is 424 g/mol.